The second kappa shape index (κ2) is 9.02. The molecule has 36 heavy (non-hydrogen) atoms. The molecule has 0 atom stereocenters. The van der Waals surface area contributed by atoms with E-state index in [-0.39, 0.29) is 40.1 Å². The van der Waals surface area contributed by atoms with Crippen LogP contribution in [0.1, 0.15) is 43.6 Å². The number of amides is 2. The normalized spacial score (nSPS) is 11.3. The van der Waals surface area contributed by atoms with Gasteiger partial charge in [-0.15, -0.1) is 5.10 Å². The molecule has 2 amide bonds. The molecule has 0 fully saturated rings. The highest BCUT2D eigenvalue weighted by atomic mass is 19.4. The summed E-state index contributed by atoms with van der Waals surface area (Å²) in [5.74, 6) is -2.74. The molecule has 14 heteroatoms. The maximum absolute atomic E-state index is 13.7. The average Bonchev–Trinajstić information content (AvgIpc) is 3.13. The van der Waals surface area contributed by atoms with Crippen LogP contribution in [0.4, 0.5) is 23.2 Å². The molecule has 0 unspecified atom stereocenters. The van der Waals surface area contributed by atoms with Crippen molar-refractivity contribution in [1.29, 1.82) is 5.26 Å². The van der Waals surface area contributed by atoms with E-state index >= 15 is 0 Å². The molecule has 0 aliphatic rings. The maximum atomic E-state index is 13.7. The Kier molecular flexibility index (Phi) is 6.07. The summed E-state index contributed by atoms with van der Waals surface area (Å²) < 4.78 is 55.9. The van der Waals surface area contributed by atoms with Crippen molar-refractivity contribution in [2.45, 2.75) is 19.6 Å². The number of alkyl halides is 3. The van der Waals surface area contributed by atoms with Crippen molar-refractivity contribution in [3.05, 3.63) is 76.2 Å². The lowest BCUT2D eigenvalue weighted by Gasteiger charge is -2.11. The van der Waals surface area contributed by atoms with Gasteiger partial charge in [0, 0.05) is 11.5 Å². The molecule has 0 saturated carbocycles. The zero-order valence-corrected chi connectivity index (χ0v) is 18.3. The number of nitriles is 1. The minimum atomic E-state index is -4.94. The molecule has 10 nitrogen and oxygen atoms in total. The Morgan fingerprint density at radius 2 is 1.92 bits per heavy atom. The van der Waals surface area contributed by atoms with Crippen molar-refractivity contribution in [2.75, 3.05) is 5.32 Å². The van der Waals surface area contributed by atoms with E-state index in [1.165, 1.54) is 25.1 Å². The summed E-state index contributed by atoms with van der Waals surface area (Å²) in [6, 6.07) is 8.82. The first-order valence-electron chi connectivity index (χ1n) is 10.1. The third kappa shape index (κ3) is 4.67. The fourth-order valence-corrected chi connectivity index (χ4v) is 3.40. The summed E-state index contributed by atoms with van der Waals surface area (Å²) >= 11 is 0. The molecule has 4 rings (SSSR count). The number of nitrogens with two attached hydrogens (primary N) is 1. The highest BCUT2D eigenvalue weighted by molar-refractivity contribution is 6.10. The number of hydrogen-bond acceptors (Lipinski definition) is 7. The number of anilines is 1. The molecule has 0 radical (unpaired) electrons. The molecule has 0 bridgehead atoms. The SMILES string of the molecule is Cc1c(NC(=O)c2cc(C(N)=O)c3ccc(F)cc3n2)c(C(F)(F)F)nn1Cc1ccc(C#N)nn1. The Balaban J connectivity index is 1.73. The second-order valence-electron chi connectivity index (χ2n) is 7.52. The molecule has 3 N–H and O–H groups in total. The summed E-state index contributed by atoms with van der Waals surface area (Å²) in [6.45, 7) is 1.07. The highest BCUT2D eigenvalue weighted by Gasteiger charge is 2.39. The van der Waals surface area contributed by atoms with Gasteiger partial charge < -0.3 is 11.1 Å². The molecule has 0 spiro atoms. The van der Waals surface area contributed by atoms with E-state index in [2.05, 4.69) is 25.6 Å². The average molecular weight is 498 g/mol. The lowest BCUT2D eigenvalue weighted by Crippen LogP contribution is -2.19. The van der Waals surface area contributed by atoms with Crippen LogP contribution in [0.15, 0.2) is 36.4 Å². The minimum Gasteiger partial charge on any atom is -0.366 e. The smallest absolute Gasteiger partial charge is 0.366 e. The Morgan fingerprint density at radius 1 is 1.17 bits per heavy atom. The third-order valence-corrected chi connectivity index (χ3v) is 5.13. The first-order valence-corrected chi connectivity index (χ1v) is 10.1. The number of carbonyl (C=O) groups excluding carboxylic acids is 2. The Hall–Kier alpha value is -4.93. The topological polar surface area (TPSA) is 152 Å². The standard InChI is InChI=1S/C22H14F4N8O2/c1-10-18(19(22(24,25)26)33-34(10)9-13-4-3-12(8-27)31-32-13)30-21(36)17-7-15(20(28)35)14-5-2-11(23)6-16(14)29-17/h2-7H,9H2,1H3,(H2,28,35)(H,30,36). The Labute approximate surface area is 199 Å². The first kappa shape index (κ1) is 24.2. The molecule has 3 heterocycles. The molecule has 3 aromatic heterocycles. The van der Waals surface area contributed by atoms with Crippen molar-refractivity contribution >= 4 is 28.4 Å². The van der Waals surface area contributed by atoms with Crippen LogP contribution in [0, 0.1) is 24.1 Å². The number of nitrogens with zero attached hydrogens (tertiary/aromatic N) is 6. The molecular weight excluding hydrogens is 484 g/mol. The number of rotatable bonds is 5. The number of halogens is 4. The molecule has 0 saturated heterocycles. The van der Waals surface area contributed by atoms with Crippen molar-refractivity contribution in [2.24, 2.45) is 5.73 Å². The van der Waals surface area contributed by atoms with Gasteiger partial charge in [-0.2, -0.15) is 28.6 Å². The number of nitrogens with one attached hydrogen (secondary N) is 1. The van der Waals surface area contributed by atoms with Crippen LogP contribution in [0.2, 0.25) is 0 Å². The van der Waals surface area contributed by atoms with E-state index < -0.39 is 40.9 Å². The van der Waals surface area contributed by atoms with Crippen LogP contribution >= 0.6 is 0 Å². The Bertz CT molecular complexity index is 1560. The van der Waals surface area contributed by atoms with E-state index in [4.69, 9.17) is 11.0 Å². The van der Waals surface area contributed by atoms with Crippen LogP contribution in [0.25, 0.3) is 10.9 Å². The maximum Gasteiger partial charge on any atom is 0.437 e. The molecular formula is C22H14F4N8O2. The van der Waals surface area contributed by atoms with Crippen molar-refractivity contribution in [3.63, 3.8) is 0 Å². The van der Waals surface area contributed by atoms with Crippen LogP contribution in [-0.2, 0) is 12.7 Å². The lowest BCUT2D eigenvalue weighted by atomic mass is 10.1. The summed E-state index contributed by atoms with van der Waals surface area (Å²) in [5.41, 5.74) is 2.81. The molecule has 0 aliphatic carbocycles. The summed E-state index contributed by atoms with van der Waals surface area (Å²) in [7, 11) is 0. The summed E-state index contributed by atoms with van der Waals surface area (Å²) in [5, 5.41) is 22.1. The van der Waals surface area contributed by atoms with E-state index in [1.807, 2.05) is 0 Å². The van der Waals surface area contributed by atoms with Crippen LogP contribution in [0.3, 0.4) is 0 Å². The van der Waals surface area contributed by atoms with Gasteiger partial charge in [-0.25, -0.2) is 9.37 Å². The highest BCUT2D eigenvalue weighted by Crippen LogP contribution is 2.36. The van der Waals surface area contributed by atoms with Gasteiger partial charge in [0.1, 0.15) is 17.6 Å². The summed E-state index contributed by atoms with van der Waals surface area (Å²) in [6.07, 6.45) is -4.94. The molecule has 0 aliphatic heterocycles. The van der Waals surface area contributed by atoms with Gasteiger partial charge in [0.2, 0.25) is 5.91 Å². The van der Waals surface area contributed by atoms with Gasteiger partial charge in [-0.3, -0.25) is 14.3 Å². The van der Waals surface area contributed by atoms with E-state index in [0.29, 0.717) is 0 Å². The fraction of sp³-hybridized carbons (Fsp3) is 0.136. The van der Waals surface area contributed by atoms with Crippen LogP contribution < -0.4 is 11.1 Å². The monoisotopic (exact) mass is 498 g/mol. The van der Waals surface area contributed by atoms with E-state index in [0.717, 1.165) is 22.9 Å². The zero-order chi connectivity index (χ0) is 26.2. The van der Waals surface area contributed by atoms with Crippen molar-refractivity contribution in [3.8, 4) is 6.07 Å². The van der Waals surface area contributed by atoms with Crippen LogP contribution in [-0.4, -0.2) is 36.8 Å². The first-order chi connectivity index (χ1) is 17.0. The lowest BCUT2D eigenvalue weighted by molar-refractivity contribution is -0.140. The number of carbonyl (C=O) groups is 2. The van der Waals surface area contributed by atoms with Gasteiger partial charge in [0.05, 0.1) is 34.7 Å². The second-order valence-corrected chi connectivity index (χ2v) is 7.52. The number of pyridine rings is 1. The summed E-state index contributed by atoms with van der Waals surface area (Å²) in [4.78, 5) is 28.8. The van der Waals surface area contributed by atoms with Gasteiger partial charge in [0.25, 0.3) is 5.91 Å². The number of benzene rings is 1. The molecule has 4 aromatic rings. The van der Waals surface area contributed by atoms with Gasteiger partial charge in [-0.05, 0) is 37.3 Å². The number of hydrogen-bond donors (Lipinski definition) is 2. The van der Waals surface area contributed by atoms with Gasteiger partial charge >= 0.3 is 6.18 Å². The van der Waals surface area contributed by atoms with E-state index in [1.54, 1.807) is 6.07 Å². The Morgan fingerprint density at radius 3 is 2.53 bits per heavy atom. The van der Waals surface area contributed by atoms with E-state index in [9.17, 15) is 27.2 Å². The zero-order valence-electron chi connectivity index (χ0n) is 18.3. The quantitative estimate of drug-likeness (QED) is 0.401. The predicted molar refractivity (Wildman–Crippen MR) is 116 cm³/mol. The van der Waals surface area contributed by atoms with Gasteiger partial charge in [0.15, 0.2) is 11.4 Å². The predicted octanol–water partition coefficient (Wildman–Crippen LogP) is 2.96. The fourth-order valence-electron chi connectivity index (χ4n) is 3.40. The van der Waals surface area contributed by atoms with Crippen LogP contribution in [0.5, 0.6) is 0 Å². The number of aromatic nitrogens is 5. The van der Waals surface area contributed by atoms with Gasteiger partial charge in [-0.1, -0.05) is 0 Å². The third-order valence-electron chi connectivity index (χ3n) is 5.13. The molecule has 182 valence electrons. The van der Waals surface area contributed by atoms with Crippen molar-refractivity contribution < 1.29 is 27.2 Å². The molecule has 1 aromatic carbocycles. The van der Waals surface area contributed by atoms with Crippen molar-refractivity contribution in [1.82, 2.24) is 25.0 Å². The largest absolute Gasteiger partial charge is 0.437 e. The number of primary amides is 1. The number of fused-ring (bicyclic) bond motifs is 1. The minimum absolute atomic E-state index is 0.0259.